The van der Waals surface area contributed by atoms with Crippen molar-refractivity contribution < 1.29 is 9.53 Å². The Labute approximate surface area is 118 Å². The van der Waals surface area contributed by atoms with Crippen LogP contribution in [0.15, 0.2) is 0 Å². The van der Waals surface area contributed by atoms with Crippen molar-refractivity contribution in [2.45, 2.75) is 72.3 Å². The van der Waals surface area contributed by atoms with Crippen LogP contribution in [0.2, 0.25) is 0 Å². The van der Waals surface area contributed by atoms with Crippen molar-refractivity contribution >= 4 is 5.97 Å². The van der Waals surface area contributed by atoms with E-state index in [0.717, 1.165) is 25.2 Å². The first-order valence-electron chi connectivity index (χ1n) is 7.76. The van der Waals surface area contributed by atoms with Crippen molar-refractivity contribution in [2.24, 2.45) is 23.0 Å². The Balaban J connectivity index is 2.47. The molecule has 2 N–H and O–H groups in total. The smallest absolute Gasteiger partial charge is 0.310 e. The summed E-state index contributed by atoms with van der Waals surface area (Å²) >= 11 is 0. The molecule has 0 amide bonds. The molecule has 0 aromatic heterocycles. The Morgan fingerprint density at radius 2 is 2.05 bits per heavy atom. The van der Waals surface area contributed by atoms with Crippen LogP contribution in [0.25, 0.3) is 0 Å². The molecule has 19 heavy (non-hydrogen) atoms. The molecule has 0 aromatic carbocycles. The number of ether oxygens (including phenoxy) is 1. The minimum Gasteiger partial charge on any atom is -0.462 e. The molecule has 3 nitrogen and oxygen atoms in total. The van der Waals surface area contributed by atoms with Crippen LogP contribution in [0, 0.1) is 17.3 Å². The molecular formula is C16H31NO2. The highest BCUT2D eigenvalue weighted by atomic mass is 16.5. The van der Waals surface area contributed by atoms with Crippen LogP contribution >= 0.6 is 0 Å². The molecule has 1 aliphatic rings. The lowest BCUT2D eigenvalue weighted by molar-refractivity contribution is -0.157. The van der Waals surface area contributed by atoms with Crippen LogP contribution in [0.4, 0.5) is 0 Å². The van der Waals surface area contributed by atoms with E-state index in [1.54, 1.807) is 0 Å². The number of hydrogen-bond acceptors (Lipinski definition) is 3. The summed E-state index contributed by atoms with van der Waals surface area (Å²) in [5, 5.41) is 0. The summed E-state index contributed by atoms with van der Waals surface area (Å²) in [5.41, 5.74) is 5.85. The fourth-order valence-electron chi connectivity index (χ4n) is 2.98. The van der Waals surface area contributed by atoms with E-state index in [4.69, 9.17) is 10.5 Å². The minimum atomic E-state index is -0.151. The molecule has 1 saturated carbocycles. The molecule has 0 radical (unpaired) electrons. The summed E-state index contributed by atoms with van der Waals surface area (Å²) in [6.45, 7) is 9.02. The number of nitrogens with two attached hydrogens (primary N) is 1. The minimum absolute atomic E-state index is 0.0841. The van der Waals surface area contributed by atoms with Gasteiger partial charge in [0.1, 0.15) is 6.10 Å². The maximum atomic E-state index is 12.2. The van der Waals surface area contributed by atoms with Crippen molar-refractivity contribution in [1.82, 2.24) is 0 Å². The lowest BCUT2D eigenvalue weighted by atomic mass is 9.84. The van der Waals surface area contributed by atoms with E-state index in [-0.39, 0.29) is 23.4 Å². The second-order valence-electron chi connectivity index (χ2n) is 7.20. The lowest BCUT2D eigenvalue weighted by Crippen LogP contribution is -2.34. The normalized spacial score (nSPS) is 25.9. The zero-order chi connectivity index (χ0) is 14.5. The van der Waals surface area contributed by atoms with Gasteiger partial charge in [-0.1, -0.05) is 40.5 Å². The highest BCUT2D eigenvalue weighted by Crippen LogP contribution is 2.30. The monoisotopic (exact) mass is 269 g/mol. The van der Waals surface area contributed by atoms with E-state index in [0.29, 0.717) is 6.54 Å². The summed E-state index contributed by atoms with van der Waals surface area (Å²) in [7, 11) is 0. The number of carbonyl (C=O) groups excluding carboxylic acids is 1. The molecule has 3 unspecified atom stereocenters. The standard InChI is InChI=1S/C16H31NO2/c1-5-12-7-6-8-14(9-12)19-15(18)13(11-17)10-16(2,3)4/h12-14H,5-11,17H2,1-4H3. The largest absolute Gasteiger partial charge is 0.462 e. The highest BCUT2D eigenvalue weighted by Gasteiger charge is 2.29. The fourth-order valence-corrected chi connectivity index (χ4v) is 2.98. The van der Waals surface area contributed by atoms with Crippen molar-refractivity contribution in [3.63, 3.8) is 0 Å². The van der Waals surface area contributed by atoms with Crippen LogP contribution < -0.4 is 5.73 Å². The van der Waals surface area contributed by atoms with Crippen molar-refractivity contribution in [3.05, 3.63) is 0 Å². The van der Waals surface area contributed by atoms with Gasteiger partial charge in [-0.3, -0.25) is 4.79 Å². The Hall–Kier alpha value is -0.570. The third kappa shape index (κ3) is 5.94. The molecule has 0 aromatic rings. The average molecular weight is 269 g/mol. The zero-order valence-corrected chi connectivity index (χ0v) is 13.1. The quantitative estimate of drug-likeness (QED) is 0.777. The van der Waals surface area contributed by atoms with Gasteiger partial charge in [0.15, 0.2) is 0 Å². The van der Waals surface area contributed by atoms with E-state index < -0.39 is 0 Å². The predicted octanol–water partition coefficient (Wildman–Crippen LogP) is 3.51. The van der Waals surface area contributed by atoms with Crippen molar-refractivity contribution in [1.29, 1.82) is 0 Å². The maximum absolute atomic E-state index is 12.2. The van der Waals surface area contributed by atoms with Gasteiger partial charge in [0.25, 0.3) is 0 Å². The molecule has 0 spiro atoms. The second kappa shape index (κ2) is 7.28. The molecule has 1 fully saturated rings. The van der Waals surface area contributed by atoms with E-state index in [1.807, 2.05) is 0 Å². The number of rotatable bonds is 5. The first-order valence-corrected chi connectivity index (χ1v) is 7.76. The molecule has 112 valence electrons. The number of carbonyl (C=O) groups is 1. The fraction of sp³-hybridized carbons (Fsp3) is 0.938. The molecule has 1 aliphatic carbocycles. The lowest BCUT2D eigenvalue weighted by Gasteiger charge is -2.30. The molecule has 0 heterocycles. The van der Waals surface area contributed by atoms with E-state index in [1.165, 1.54) is 19.3 Å². The van der Waals surface area contributed by atoms with Crippen LogP contribution in [-0.4, -0.2) is 18.6 Å². The van der Waals surface area contributed by atoms with Gasteiger partial charge in [-0.2, -0.15) is 0 Å². The van der Waals surface area contributed by atoms with E-state index in [9.17, 15) is 4.79 Å². The Kier molecular flexibility index (Phi) is 6.31. The van der Waals surface area contributed by atoms with Gasteiger partial charge in [0.2, 0.25) is 0 Å². The molecule has 0 bridgehead atoms. The summed E-state index contributed by atoms with van der Waals surface area (Å²) in [6, 6.07) is 0. The van der Waals surface area contributed by atoms with Gasteiger partial charge in [-0.05, 0) is 37.0 Å². The Bertz CT molecular complexity index is 283. The van der Waals surface area contributed by atoms with Crippen LogP contribution in [0.3, 0.4) is 0 Å². The van der Waals surface area contributed by atoms with Gasteiger partial charge in [-0.25, -0.2) is 0 Å². The molecular weight excluding hydrogens is 238 g/mol. The summed E-state index contributed by atoms with van der Waals surface area (Å²) in [4.78, 5) is 12.2. The average Bonchev–Trinajstić information content (AvgIpc) is 2.35. The first-order chi connectivity index (χ1) is 8.85. The van der Waals surface area contributed by atoms with Gasteiger partial charge in [-0.15, -0.1) is 0 Å². The third-order valence-electron chi connectivity index (χ3n) is 4.07. The second-order valence-corrected chi connectivity index (χ2v) is 7.20. The zero-order valence-electron chi connectivity index (χ0n) is 13.1. The molecule has 0 aliphatic heterocycles. The molecule has 1 rings (SSSR count). The van der Waals surface area contributed by atoms with Crippen LogP contribution in [0.1, 0.15) is 66.2 Å². The topological polar surface area (TPSA) is 52.3 Å². The molecule has 3 atom stereocenters. The number of hydrogen-bond donors (Lipinski definition) is 1. The highest BCUT2D eigenvalue weighted by molar-refractivity contribution is 5.73. The van der Waals surface area contributed by atoms with Crippen LogP contribution in [0.5, 0.6) is 0 Å². The summed E-state index contributed by atoms with van der Waals surface area (Å²) in [5.74, 6) is 0.492. The molecule has 0 saturated heterocycles. The third-order valence-corrected chi connectivity index (χ3v) is 4.07. The van der Waals surface area contributed by atoms with Gasteiger partial charge >= 0.3 is 5.97 Å². The maximum Gasteiger partial charge on any atom is 0.310 e. The first kappa shape index (κ1) is 16.5. The van der Waals surface area contributed by atoms with Gasteiger partial charge < -0.3 is 10.5 Å². The van der Waals surface area contributed by atoms with Crippen molar-refractivity contribution in [3.8, 4) is 0 Å². The Morgan fingerprint density at radius 1 is 1.37 bits per heavy atom. The predicted molar refractivity (Wildman–Crippen MR) is 78.7 cm³/mol. The van der Waals surface area contributed by atoms with Gasteiger partial charge in [0, 0.05) is 6.54 Å². The van der Waals surface area contributed by atoms with E-state index in [2.05, 4.69) is 27.7 Å². The number of esters is 1. The Morgan fingerprint density at radius 3 is 2.58 bits per heavy atom. The van der Waals surface area contributed by atoms with Gasteiger partial charge in [0.05, 0.1) is 5.92 Å². The summed E-state index contributed by atoms with van der Waals surface area (Å²) in [6.07, 6.45) is 6.64. The van der Waals surface area contributed by atoms with E-state index >= 15 is 0 Å². The molecule has 3 heteroatoms. The van der Waals surface area contributed by atoms with Crippen LogP contribution in [-0.2, 0) is 9.53 Å². The summed E-state index contributed by atoms with van der Waals surface area (Å²) < 4.78 is 5.70. The van der Waals surface area contributed by atoms with Crippen molar-refractivity contribution in [2.75, 3.05) is 6.54 Å². The SMILES string of the molecule is CCC1CCCC(OC(=O)C(CN)CC(C)(C)C)C1.